The van der Waals surface area contributed by atoms with Crippen LogP contribution < -0.4 is 5.56 Å². The van der Waals surface area contributed by atoms with Crippen molar-refractivity contribution in [1.29, 1.82) is 0 Å². The van der Waals surface area contributed by atoms with Crippen molar-refractivity contribution in [1.82, 2.24) is 24.6 Å². The lowest BCUT2D eigenvalue weighted by atomic mass is 9.73. The molecule has 2 aliphatic heterocycles. The minimum absolute atomic E-state index is 0.0241. The number of hydrogen-bond donors (Lipinski definition) is 1. The zero-order valence-electron chi connectivity index (χ0n) is 15.9. The molecule has 1 atom stereocenters. The summed E-state index contributed by atoms with van der Waals surface area (Å²) in [7, 11) is 1.98. The summed E-state index contributed by atoms with van der Waals surface area (Å²) in [6.07, 6.45) is 7.89. The van der Waals surface area contributed by atoms with Gasteiger partial charge in [0, 0.05) is 62.7 Å². The van der Waals surface area contributed by atoms with Gasteiger partial charge in [0.05, 0.1) is 5.69 Å². The van der Waals surface area contributed by atoms with E-state index in [0.717, 1.165) is 58.4 Å². The molecule has 2 aliphatic rings. The molecule has 4 heterocycles. The predicted octanol–water partition coefficient (Wildman–Crippen LogP) is 1.63. The highest BCUT2D eigenvalue weighted by Gasteiger charge is 2.40. The fourth-order valence-corrected chi connectivity index (χ4v) is 4.71. The van der Waals surface area contributed by atoms with Gasteiger partial charge >= 0.3 is 0 Å². The molecule has 2 saturated heterocycles. The Morgan fingerprint density at radius 1 is 1.22 bits per heavy atom. The number of carbonyl (C=O) groups excluding carboxylic acids is 1. The Bertz CT molecular complexity index is 869. The largest absolute Gasteiger partial charge is 0.338 e. The summed E-state index contributed by atoms with van der Waals surface area (Å²) in [6.45, 7) is 4.56. The first kappa shape index (κ1) is 18.0. The summed E-state index contributed by atoms with van der Waals surface area (Å²) in [4.78, 5) is 31.5. The van der Waals surface area contributed by atoms with Gasteiger partial charge in [-0.15, -0.1) is 0 Å². The average Bonchev–Trinajstić information content (AvgIpc) is 3.06. The second kappa shape index (κ2) is 7.31. The van der Waals surface area contributed by atoms with E-state index < -0.39 is 0 Å². The van der Waals surface area contributed by atoms with Gasteiger partial charge in [0.1, 0.15) is 0 Å². The van der Waals surface area contributed by atoms with Crippen LogP contribution in [0.5, 0.6) is 0 Å². The Morgan fingerprint density at radius 2 is 2.04 bits per heavy atom. The topological polar surface area (TPSA) is 74.2 Å². The zero-order valence-corrected chi connectivity index (χ0v) is 15.9. The number of H-pyrrole nitrogens is 1. The van der Waals surface area contributed by atoms with Crippen LogP contribution in [0.3, 0.4) is 0 Å². The molecule has 2 aromatic rings. The van der Waals surface area contributed by atoms with Gasteiger partial charge in [-0.1, -0.05) is 0 Å². The van der Waals surface area contributed by atoms with Gasteiger partial charge in [0.2, 0.25) is 5.56 Å². The highest BCUT2D eigenvalue weighted by Crippen LogP contribution is 2.39. The van der Waals surface area contributed by atoms with Gasteiger partial charge in [-0.05, 0) is 44.4 Å². The quantitative estimate of drug-likeness (QED) is 0.892. The van der Waals surface area contributed by atoms with Gasteiger partial charge in [0.15, 0.2) is 0 Å². The van der Waals surface area contributed by atoms with Crippen molar-refractivity contribution in [3.05, 3.63) is 52.2 Å². The van der Waals surface area contributed by atoms with Crippen molar-refractivity contribution in [3.8, 4) is 0 Å². The summed E-state index contributed by atoms with van der Waals surface area (Å²) < 4.78 is 1.94. The lowest BCUT2D eigenvalue weighted by Gasteiger charge is -2.48. The van der Waals surface area contributed by atoms with Gasteiger partial charge in [-0.2, -0.15) is 5.10 Å². The van der Waals surface area contributed by atoms with Crippen LogP contribution in [0, 0.1) is 5.41 Å². The van der Waals surface area contributed by atoms with E-state index in [9.17, 15) is 9.59 Å². The SMILES string of the molecule is Cn1nccc1CN1CCCC2(CCCN(C(=O)c3cc[nH]c(=O)c3)C2)C1. The molecule has 0 aromatic carbocycles. The first-order valence-electron chi connectivity index (χ1n) is 9.72. The van der Waals surface area contributed by atoms with Crippen molar-refractivity contribution in [2.75, 3.05) is 26.2 Å². The normalized spacial score (nSPS) is 23.7. The first-order chi connectivity index (χ1) is 13.0. The fraction of sp³-hybridized carbons (Fsp3) is 0.550. The van der Waals surface area contributed by atoms with E-state index in [4.69, 9.17) is 0 Å². The van der Waals surface area contributed by atoms with Gasteiger partial charge in [-0.25, -0.2) is 0 Å². The Balaban J connectivity index is 1.47. The van der Waals surface area contributed by atoms with Crippen LogP contribution in [0.2, 0.25) is 0 Å². The number of pyridine rings is 1. The average molecular weight is 369 g/mol. The number of piperidine rings is 2. The maximum absolute atomic E-state index is 12.9. The van der Waals surface area contributed by atoms with Crippen LogP contribution >= 0.6 is 0 Å². The van der Waals surface area contributed by atoms with E-state index in [1.54, 1.807) is 12.3 Å². The van der Waals surface area contributed by atoms with Crippen LogP contribution in [0.4, 0.5) is 0 Å². The van der Waals surface area contributed by atoms with Crippen molar-refractivity contribution < 1.29 is 4.79 Å². The van der Waals surface area contributed by atoms with Crippen molar-refractivity contribution in [2.24, 2.45) is 12.5 Å². The van der Waals surface area contributed by atoms with Crippen molar-refractivity contribution in [3.63, 3.8) is 0 Å². The number of aryl methyl sites for hydroxylation is 1. The second-order valence-electron chi connectivity index (χ2n) is 8.03. The van der Waals surface area contributed by atoms with Crippen molar-refractivity contribution >= 4 is 5.91 Å². The molecule has 0 saturated carbocycles. The summed E-state index contributed by atoms with van der Waals surface area (Å²) in [6, 6.07) is 5.17. The summed E-state index contributed by atoms with van der Waals surface area (Å²) >= 11 is 0. The standard InChI is InChI=1S/C20H27N5O2/c1-23-17(5-9-22-23)13-24-10-2-6-20(14-24)7-3-11-25(15-20)19(27)16-4-8-21-18(26)12-16/h4-5,8-9,12H,2-3,6-7,10-11,13-15H2,1H3,(H,21,26). The number of aromatic amines is 1. The Hall–Kier alpha value is -2.41. The molecule has 0 aliphatic carbocycles. The molecular weight excluding hydrogens is 342 g/mol. The van der Waals surface area contributed by atoms with Crippen LogP contribution in [0.15, 0.2) is 35.4 Å². The van der Waals surface area contributed by atoms with Gasteiger partial charge < -0.3 is 9.88 Å². The van der Waals surface area contributed by atoms with E-state index in [1.165, 1.54) is 11.8 Å². The van der Waals surface area contributed by atoms with Crippen LogP contribution in [0.25, 0.3) is 0 Å². The lowest BCUT2D eigenvalue weighted by molar-refractivity contribution is 0.0107. The molecule has 1 amide bonds. The lowest BCUT2D eigenvalue weighted by Crippen LogP contribution is -2.53. The molecule has 7 heteroatoms. The Labute approximate surface area is 159 Å². The van der Waals surface area contributed by atoms with E-state index in [-0.39, 0.29) is 16.9 Å². The third-order valence-corrected chi connectivity index (χ3v) is 6.02. The molecular formula is C20H27N5O2. The smallest absolute Gasteiger partial charge is 0.254 e. The van der Waals surface area contributed by atoms with Crippen LogP contribution in [-0.2, 0) is 13.6 Å². The number of nitrogens with one attached hydrogen (secondary N) is 1. The predicted molar refractivity (Wildman–Crippen MR) is 102 cm³/mol. The molecule has 1 unspecified atom stereocenters. The fourth-order valence-electron chi connectivity index (χ4n) is 4.71. The molecule has 144 valence electrons. The Morgan fingerprint density at radius 3 is 2.78 bits per heavy atom. The van der Waals surface area contributed by atoms with Gasteiger partial charge in [0.25, 0.3) is 5.91 Å². The summed E-state index contributed by atoms with van der Waals surface area (Å²) in [5, 5.41) is 4.27. The summed E-state index contributed by atoms with van der Waals surface area (Å²) in [5.74, 6) is -0.0241. The number of carbonyl (C=O) groups is 1. The molecule has 7 nitrogen and oxygen atoms in total. The molecule has 0 radical (unpaired) electrons. The number of hydrogen-bond acceptors (Lipinski definition) is 4. The van der Waals surface area contributed by atoms with Gasteiger partial charge in [-0.3, -0.25) is 19.2 Å². The third kappa shape index (κ3) is 3.83. The molecule has 2 fully saturated rings. The minimum atomic E-state index is -0.229. The Kier molecular flexibility index (Phi) is 4.86. The maximum atomic E-state index is 12.9. The van der Waals surface area contributed by atoms with Crippen LogP contribution in [-0.4, -0.2) is 56.7 Å². The number of nitrogens with zero attached hydrogens (tertiary/aromatic N) is 4. The van der Waals surface area contributed by atoms with E-state index in [1.807, 2.05) is 22.8 Å². The van der Waals surface area contributed by atoms with E-state index in [0.29, 0.717) is 5.56 Å². The van der Waals surface area contributed by atoms with E-state index in [2.05, 4.69) is 21.0 Å². The minimum Gasteiger partial charge on any atom is -0.338 e. The highest BCUT2D eigenvalue weighted by atomic mass is 16.2. The number of amides is 1. The third-order valence-electron chi connectivity index (χ3n) is 6.02. The maximum Gasteiger partial charge on any atom is 0.254 e. The first-order valence-corrected chi connectivity index (χ1v) is 9.72. The number of rotatable bonds is 3. The molecule has 1 N–H and O–H groups in total. The van der Waals surface area contributed by atoms with Crippen molar-refractivity contribution in [2.45, 2.75) is 32.2 Å². The van der Waals surface area contributed by atoms with E-state index >= 15 is 0 Å². The molecule has 2 aromatic heterocycles. The highest BCUT2D eigenvalue weighted by molar-refractivity contribution is 5.94. The molecule has 0 bridgehead atoms. The summed E-state index contributed by atoms with van der Waals surface area (Å²) in [5.41, 5.74) is 1.64. The molecule has 27 heavy (non-hydrogen) atoms. The molecule has 1 spiro atoms. The number of likely N-dealkylation sites (tertiary alicyclic amines) is 2. The van der Waals surface area contributed by atoms with Crippen LogP contribution in [0.1, 0.15) is 41.7 Å². The second-order valence-corrected chi connectivity index (χ2v) is 8.03. The monoisotopic (exact) mass is 369 g/mol. The molecule has 4 rings (SSSR count). The zero-order chi connectivity index (χ0) is 18.9. The number of aromatic nitrogens is 3.